The van der Waals surface area contributed by atoms with Gasteiger partial charge in [-0.2, -0.15) is 0 Å². The summed E-state index contributed by atoms with van der Waals surface area (Å²) < 4.78 is 0.996. The van der Waals surface area contributed by atoms with Gasteiger partial charge < -0.3 is 0 Å². The molecule has 0 saturated carbocycles. The van der Waals surface area contributed by atoms with Gasteiger partial charge in [0.25, 0.3) is 0 Å². The van der Waals surface area contributed by atoms with E-state index in [9.17, 15) is 17.0 Å². The molecule has 2 unspecified atom stereocenters. The van der Waals surface area contributed by atoms with Crippen molar-refractivity contribution in [3.8, 4) is 55.6 Å². The predicted octanol–water partition coefficient (Wildman–Crippen LogP) is 15.6. The molecule has 4 heteroatoms. The Balaban J connectivity index is 1.26. The van der Waals surface area contributed by atoms with Crippen molar-refractivity contribution < 1.29 is 16.4 Å². The van der Waals surface area contributed by atoms with Crippen molar-refractivity contribution in [1.82, 2.24) is 0 Å². The van der Waals surface area contributed by atoms with Crippen LogP contribution in [0.15, 0.2) is 187 Å². The predicted molar refractivity (Wildman–Crippen MR) is 286 cm³/mol. The molecule has 0 bridgehead atoms. The Labute approximate surface area is 402 Å². The van der Waals surface area contributed by atoms with Crippen molar-refractivity contribution in [1.29, 1.82) is 0 Å². The Bertz CT molecular complexity index is 3100. The van der Waals surface area contributed by atoms with Crippen LogP contribution in [-0.2, 0) is 16.4 Å². The van der Waals surface area contributed by atoms with E-state index in [1.54, 1.807) is 0 Å². The fourth-order valence-electron chi connectivity index (χ4n) is 12.4. The average molecular weight is 990 g/mol. The Kier molecular flexibility index (Phi) is 11.3. The van der Waals surface area contributed by atoms with Crippen LogP contribution in [0.1, 0.15) is 80.2 Å². The average Bonchev–Trinajstić information content (AvgIpc) is 4.04. The zero-order chi connectivity index (χ0) is 45.2. The Morgan fingerprint density at radius 2 is 0.879 bits per heavy atom. The summed E-state index contributed by atoms with van der Waals surface area (Å²) in [5.41, 5.74) is 23.2. The standard InChI is InChI=1S/2C25H23.C12H9Si.2ClH.Zr/c2*1-3-9-19-16-21-14-15-23(20-11-5-4-6-12-20)25(24(21)17-19)22-13-8-7-10-18(22)2;1-3-7-11-9(5-1)10-6-2-4-8-12(10)13-11;;;/h2*4-8,10-17H,3,9H2,1-2H3;1-7H,13H2;2*1H;/q;;;;;+2/p-2. The fraction of sp³-hybridized carbons (Fsp3) is 0.161. The van der Waals surface area contributed by atoms with Crippen LogP contribution in [0.3, 0.4) is 0 Å². The van der Waals surface area contributed by atoms with Crippen molar-refractivity contribution in [2.45, 2.75) is 60.6 Å². The number of hydrogen-bond donors (Lipinski definition) is 0. The quantitative estimate of drug-likeness (QED) is 0.113. The minimum atomic E-state index is -5.80. The molecule has 0 nitrogen and oxygen atoms in total. The summed E-state index contributed by atoms with van der Waals surface area (Å²) in [6.07, 6.45) is 8.98. The van der Waals surface area contributed by atoms with E-state index < -0.39 is 25.9 Å². The molecule has 8 aromatic carbocycles. The Morgan fingerprint density at radius 3 is 1.36 bits per heavy atom. The number of aryl methyl sites for hydroxylation is 2. The second-order valence-corrected chi connectivity index (χ2v) is 41.4. The molecule has 1 heterocycles. The van der Waals surface area contributed by atoms with Crippen molar-refractivity contribution in [2.24, 2.45) is 0 Å². The van der Waals surface area contributed by atoms with Gasteiger partial charge in [0.1, 0.15) is 0 Å². The first kappa shape index (κ1) is 43.5. The van der Waals surface area contributed by atoms with Gasteiger partial charge in [0.2, 0.25) is 0 Å². The maximum absolute atomic E-state index is 9.56. The van der Waals surface area contributed by atoms with Crippen LogP contribution in [-0.4, -0.2) is 9.52 Å². The van der Waals surface area contributed by atoms with Gasteiger partial charge in [-0.15, -0.1) is 0 Å². The molecule has 2 aliphatic carbocycles. The van der Waals surface area contributed by atoms with Crippen LogP contribution >= 0.6 is 17.0 Å². The number of hydrogen-bond acceptors (Lipinski definition) is 0. The molecular formula is C62H55Cl2SiZr. The minimum absolute atomic E-state index is 0.145. The fourth-order valence-corrected chi connectivity index (χ4v) is 40.4. The van der Waals surface area contributed by atoms with Gasteiger partial charge in [0, 0.05) is 0 Å². The molecular weight excluding hydrogens is 935 g/mol. The van der Waals surface area contributed by atoms with Crippen molar-refractivity contribution in [3.05, 3.63) is 220 Å². The Hall–Kier alpha value is -5.08. The summed E-state index contributed by atoms with van der Waals surface area (Å²) in [5, 5.41) is 2.95. The van der Waals surface area contributed by atoms with Crippen LogP contribution < -0.4 is 13.6 Å². The van der Waals surface area contributed by atoms with Crippen molar-refractivity contribution in [3.63, 3.8) is 0 Å². The normalized spacial score (nSPS) is 16.8. The molecule has 0 amide bonds. The van der Waals surface area contributed by atoms with Crippen LogP contribution in [0.5, 0.6) is 0 Å². The molecule has 0 radical (unpaired) electrons. The summed E-state index contributed by atoms with van der Waals surface area (Å²) in [5.74, 6) is 0. The molecule has 1 aliphatic heterocycles. The SMILES string of the molecule is CCCC1=Cc2c(ccc(-c3ccccc3)c2-c2ccccc2C)[CH]1[Zr]([Cl])([Cl])([c]1cccc2c1[SiH2]c1ccccc1-2)[CH]1C(CCC)=Cc2c1ccc(-c1ccccc1)c2-c1ccccc1C. The summed E-state index contributed by atoms with van der Waals surface area (Å²) in [6.45, 7) is 9.15. The van der Waals surface area contributed by atoms with Gasteiger partial charge in [-0.25, -0.2) is 0 Å². The molecule has 325 valence electrons. The van der Waals surface area contributed by atoms with Gasteiger partial charge in [-0.05, 0) is 0 Å². The third-order valence-corrected chi connectivity index (χ3v) is 37.9. The van der Waals surface area contributed by atoms with Gasteiger partial charge in [0.15, 0.2) is 0 Å². The number of halogens is 2. The first-order chi connectivity index (χ1) is 32.2. The third kappa shape index (κ3) is 6.85. The molecule has 11 rings (SSSR count). The second kappa shape index (κ2) is 17.2. The number of fused-ring (bicyclic) bond motifs is 5. The van der Waals surface area contributed by atoms with E-state index in [1.807, 2.05) is 0 Å². The number of allylic oxidation sites excluding steroid dienone is 2. The van der Waals surface area contributed by atoms with Crippen LogP contribution in [0.2, 0.25) is 0 Å². The monoisotopic (exact) mass is 987 g/mol. The zero-order valence-electron chi connectivity index (χ0n) is 38.3. The van der Waals surface area contributed by atoms with E-state index in [1.165, 1.54) is 114 Å². The summed E-state index contributed by atoms with van der Waals surface area (Å²) in [6, 6.07) is 65.5. The summed E-state index contributed by atoms with van der Waals surface area (Å²) >= 11 is -5.80. The van der Waals surface area contributed by atoms with Crippen LogP contribution in [0, 0.1) is 13.8 Å². The van der Waals surface area contributed by atoms with Crippen molar-refractivity contribution >= 4 is 52.3 Å². The second-order valence-electron chi connectivity index (χ2n) is 19.0. The molecule has 0 fully saturated rings. The molecule has 66 heavy (non-hydrogen) atoms. The van der Waals surface area contributed by atoms with E-state index in [2.05, 4.69) is 216 Å². The van der Waals surface area contributed by atoms with Gasteiger partial charge in [-0.1, -0.05) is 0 Å². The van der Waals surface area contributed by atoms with Gasteiger partial charge in [-0.3, -0.25) is 0 Å². The molecule has 0 spiro atoms. The molecule has 2 atom stereocenters. The Morgan fingerprint density at radius 1 is 0.439 bits per heavy atom. The summed E-state index contributed by atoms with van der Waals surface area (Å²) in [4.78, 5) is 0. The van der Waals surface area contributed by atoms with Crippen molar-refractivity contribution in [2.75, 3.05) is 0 Å². The first-order valence-electron chi connectivity index (χ1n) is 24.0. The van der Waals surface area contributed by atoms with E-state index in [0.717, 1.165) is 25.7 Å². The van der Waals surface area contributed by atoms with Gasteiger partial charge in [0.05, 0.1) is 0 Å². The third-order valence-electron chi connectivity index (χ3n) is 15.1. The summed E-state index contributed by atoms with van der Waals surface area (Å²) in [7, 11) is 18.2. The van der Waals surface area contributed by atoms with Gasteiger partial charge >= 0.3 is 405 Å². The topological polar surface area (TPSA) is 0 Å². The van der Waals surface area contributed by atoms with E-state index >= 15 is 0 Å². The molecule has 0 N–H and O–H groups in total. The molecule has 0 saturated heterocycles. The number of benzene rings is 8. The molecule has 0 aromatic heterocycles. The molecule has 3 aliphatic rings. The maximum atomic E-state index is 9.56. The van der Waals surface area contributed by atoms with Crippen LogP contribution in [0.25, 0.3) is 67.8 Å². The molecule has 8 aromatic rings. The van der Waals surface area contributed by atoms with E-state index in [0.29, 0.717) is 0 Å². The number of rotatable bonds is 11. The van der Waals surface area contributed by atoms with E-state index in [-0.39, 0.29) is 7.25 Å². The first-order valence-corrected chi connectivity index (χ1v) is 35.8. The zero-order valence-corrected chi connectivity index (χ0v) is 43.7. The van der Waals surface area contributed by atoms with Crippen LogP contribution in [0.4, 0.5) is 0 Å². The van der Waals surface area contributed by atoms with E-state index in [4.69, 9.17) is 0 Å².